The maximum Gasteiger partial charge on any atom is 0.179 e. The predicted molar refractivity (Wildman–Crippen MR) is 78.8 cm³/mol. The third kappa shape index (κ3) is 2.11. The number of fused-ring (bicyclic) bond motifs is 1. The van der Waals surface area contributed by atoms with Crippen molar-refractivity contribution in [2.24, 2.45) is 11.0 Å². The van der Waals surface area contributed by atoms with Crippen LogP contribution in [-0.4, -0.2) is 33.0 Å². The first-order chi connectivity index (χ1) is 9.76. The van der Waals surface area contributed by atoms with E-state index >= 15 is 0 Å². The molecular formula is C14H18ClN3O2. The number of halogens is 1. The summed E-state index contributed by atoms with van der Waals surface area (Å²) in [5.41, 5.74) is 5.43. The Morgan fingerprint density at radius 2 is 2.15 bits per heavy atom. The van der Waals surface area contributed by atoms with Crippen LogP contribution in [0.4, 0.5) is 0 Å². The summed E-state index contributed by atoms with van der Waals surface area (Å²) in [6, 6.07) is 3.95. The van der Waals surface area contributed by atoms with Crippen molar-refractivity contribution in [2.75, 3.05) is 27.3 Å². The summed E-state index contributed by atoms with van der Waals surface area (Å²) in [4.78, 5) is 0. The van der Waals surface area contributed by atoms with Crippen LogP contribution in [-0.2, 0) is 0 Å². The van der Waals surface area contributed by atoms with Crippen molar-refractivity contribution < 1.29 is 9.47 Å². The van der Waals surface area contributed by atoms with Crippen LogP contribution >= 0.6 is 11.6 Å². The maximum atomic E-state index is 6.49. The molecule has 0 spiro atoms. The van der Waals surface area contributed by atoms with Crippen molar-refractivity contribution in [3.05, 3.63) is 22.7 Å². The Morgan fingerprint density at radius 3 is 2.90 bits per heavy atom. The molecule has 6 heteroatoms. The molecule has 2 heterocycles. The average molecular weight is 296 g/mol. The molecule has 0 aliphatic carbocycles. The Bertz CT molecular complexity index is 547. The number of piperidine rings is 1. The van der Waals surface area contributed by atoms with Gasteiger partial charge in [-0.15, -0.1) is 0 Å². The Hall–Kier alpha value is -1.46. The van der Waals surface area contributed by atoms with Gasteiger partial charge in [-0.1, -0.05) is 17.7 Å². The van der Waals surface area contributed by atoms with Crippen molar-refractivity contribution in [2.45, 2.75) is 12.5 Å². The Balaban J connectivity index is 1.95. The molecule has 2 aliphatic heterocycles. The first kappa shape index (κ1) is 13.5. The SMILES string of the molecule is COc1ccc(C2NN=C3CCNCC32)c(Cl)c1OC. The molecule has 0 amide bonds. The van der Waals surface area contributed by atoms with Crippen LogP contribution in [0, 0.1) is 5.92 Å². The lowest BCUT2D eigenvalue weighted by Gasteiger charge is -2.26. The smallest absolute Gasteiger partial charge is 0.179 e. The van der Waals surface area contributed by atoms with Gasteiger partial charge in [-0.2, -0.15) is 5.10 Å². The maximum absolute atomic E-state index is 6.49. The normalized spacial score (nSPS) is 24.6. The van der Waals surface area contributed by atoms with E-state index in [0.717, 1.165) is 25.1 Å². The number of nitrogens with zero attached hydrogens (tertiary/aromatic N) is 1. The van der Waals surface area contributed by atoms with Crippen LogP contribution in [0.25, 0.3) is 0 Å². The lowest BCUT2D eigenvalue weighted by atomic mass is 9.87. The van der Waals surface area contributed by atoms with Gasteiger partial charge < -0.3 is 20.2 Å². The summed E-state index contributed by atoms with van der Waals surface area (Å²) in [6.45, 7) is 1.91. The number of rotatable bonds is 3. The summed E-state index contributed by atoms with van der Waals surface area (Å²) in [7, 11) is 3.20. The van der Waals surface area contributed by atoms with Gasteiger partial charge in [0.1, 0.15) is 0 Å². The fourth-order valence-corrected chi connectivity index (χ4v) is 3.25. The zero-order valence-electron chi connectivity index (χ0n) is 11.6. The van der Waals surface area contributed by atoms with Gasteiger partial charge in [0.2, 0.25) is 0 Å². The van der Waals surface area contributed by atoms with E-state index in [1.807, 2.05) is 12.1 Å². The fourth-order valence-electron chi connectivity index (χ4n) is 2.90. The molecule has 5 nitrogen and oxygen atoms in total. The van der Waals surface area contributed by atoms with E-state index in [4.69, 9.17) is 21.1 Å². The van der Waals surface area contributed by atoms with Crippen LogP contribution in [0.2, 0.25) is 5.02 Å². The van der Waals surface area contributed by atoms with Gasteiger partial charge in [-0.3, -0.25) is 0 Å². The van der Waals surface area contributed by atoms with Crippen LogP contribution in [0.5, 0.6) is 11.5 Å². The number of benzene rings is 1. The van der Waals surface area contributed by atoms with Gasteiger partial charge in [0.05, 0.1) is 25.3 Å². The molecule has 2 unspecified atom stereocenters. The second kappa shape index (κ2) is 5.50. The number of hydrazone groups is 1. The van der Waals surface area contributed by atoms with E-state index in [-0.39, 0.29) is 6.04 Å². The monoisotopic (exact) mass is 295 g/mol. The molecule has 1 fully saturated rings. The van der Waals surface area contributed by atoms with Gasteiger partial charge in [0.15, 0.2) is 11.5 Å². The Labute approximate surface area is 123 Å². The highest BCUT2D eigenvalue weighted by Crippen LogP contribution is 2.42. The van der Waals surface area contributed by atoms with Crippen LogP contribution in [0.3, 0.4) is 0 Å². The van der Waals surface area contributed by atoms with E-state index < -0.39 is 0 Å². The molecule has 2 atom stereocenters. The van der Waals surface area contributed by atoms with Crippen LogP contribution in [0.1, 0.15) is 18.0 Å². The molecule has 108 valence electrons. The van der Waals surface area contributed by atoms with Crippen molar-refractivity contribution in [1.82, 2.24) is 10.7 Å². The van der Waals surface area contributed by atoms with Gasteiger partial charge in [0, 0.05) is 31.1 Å². The van der Waals surface area contributed by atoms with E-state index in [1.165, 1.54) is 5.71 Å². The molecule has 20 heavy (non-hydrogen) atoms. The molecule has 3 rings (SSSR count). The molecule has 0 bridgehead atoms. The summed E-state index contributed by atoms with van der Waals surface area (Å²) in [5, 5.41) is 8.45. The molecule has 2 aliphatic rings. The summed E-state index contributed by atoms with van der Waals surface area (Å²) < 4.78 is 10.6. The molecule has 0 saturated carbocycles. The Kier molecular flexibility index (Phi) is 3.72. The molecule has 1 aromatic rings. The number of hydrogen-bond donors (Lipinski definition) is 2. The molecule has 1 saturated heterocycles. The Morgan fingerprint density at radius 1 is 1.30 bits per heavy atom. The highest BCUT2D eigenvalue weighted by atomic mass is 35.5. The molecule has 1 aromatic carbocycles. The van der Waals surface area contributed by atoms with Crippen molar-refractivity contribution in [3.8, 4) is 11.5 Å². The van der Waals surface area contributed by atoms with Crippen molar-refractivity contribution in [3.63, 3.8) is 0 Å². The zero-order valence-corrected chi connectivity index (χ0v) is 12.3. The minimum Gasteiger partial charge on any atom is -0.493 e. The molecule has 2 N–H and O–H groups in total. The first-order valence-electron chi connectivity index (χ1n) is 6.69. The molecular weight excluding hydrogens is 278 g/mol. The number of nitrogens with one attached hydrogen (secondary N) is 2. The standard InChI is InChI=1S/C14H18ClN3O2/c1-19-11-4-3-8(12(15)14(11)20-2)13-9-7-16-6-5-10(9)17-18-13/h3-4,9,13,16,18H,5-7H2,1-2H3. The van der Waals surface area contributed by atoms with Crippen molar-refractivity contribution in [1.29, 1.82) is 0 Å². The highest BCUT2D eigenvalue weighted by molar-refractivity contribution is 6.33. The van der Waals surface area contributed by atoms with Gasteiger partial charge in [-0.05, 0) is 11.6 Å². The third-order valence-electron chi connectivity index (χ3n) is 3.95. The summed E-state index contributed by atoms with van der Waals surface area (Å²) in [6.07, 6.45) is 0.985. The van der Waals surface area contributed by atoms with Crippen molar-refractivity contribution >= 4 is 17.3 Å². The highest BCUT2D eigenvalue weighted by Gasteiger charge is 2.36. The van der Waals surface area contributed by atoms with E-state index in [1.54, 1.807) is 14.2 Å². The van der Waals surface area contributed by atoms with E-state index in [0.29, 0.717) is 22.4 Å². The largest absolute Gasteiger partial charge is 0.493 e. The van der Waals surface area contributed by atoms with Crippen LogP contribution in [0.15, 0.2) is 17.2 Å². The van der Waals surface area contributed by atoms with Gasteiger partial charge in [-0.25, -0.2) is 0 Å². The van der Waals surface area contributed by atoms with E-state index in [9.17, 15) is 0 Å². The zero-order chi connectivity index (χ0) is 14.1. The minimum absolute atomic E-state index is 0.0881. The second-order valence-electron chi connectivity index (χ2n) is 4.97. The van der Waals surface area contributed by atoms with Gasteiger partial charge in [0.25, 0.3) is 0 Å². The van der Waals surface area contributed by atoms with Gasteiger partial charge >= 0.3 is 0 Å². The first-order valence-corrected chi connectivity index (χ1v) is 7.07. The fraction of sp³-hybridized carbons (Fsp3) is 0.500. The molecule has 0 radical (unpaired) electrons. The van der Waals surface area contributed by atoms with E-state index in [2.05, 4.69) is 15.8 Å². The molecule has 0 aromatic heterocycles. The topological polar surface area (TPSA) is 54.9 Å². The van der Waals surface area contributed by atoms with Crippen LogP contribution < -0.4 is 20.2 Å². The lowest BCUT2D eigenvalue weighted by molar-refractivity contribution is 0.353. The minimum atomic E-state index is 0.0881. The average Bonchev–Trinajstić information content (AvgIpc) is 2.90. The number of hydrogen-bond acceptors (Lipinski definition) is 5. The predicted octanol–water partition coefficient (Wildman–Crippen LogP) is 1.97. The quantitative estimate of drug-likeness (QED) is 0.895. The third-order valence-corrected chi connectivity index (χ3v) is 4.34. The lowest BCUT2D eigenvalue weighted by Crippen LogP contribution is -2.38. The number of methoxy groups -OCH3 is 2. The summed E-state index contributed by atoms with van der Waals surface area (Å²) >= 11 is 6.49. The second-order valence-corrected chi connectivity index (χ2v) is 5.35. The number of ether oxygens (including phenoxy) is 2. The summed E-state index contributed by atoms with van der Waals surface area (Å²) in [5.74, 6) is 1.56.